The summed E-state index contributed by atoms with van der Waals surface area (Å²) in [6.45, 7) is 0. The molecule has 1 unspecified atom stereocenters. The summed E-state index contributed by atoms with van der Waals surface area (Å²) in [7, 11) is 0. The molecule has 0 radical (unpaired) electrons. The average Bonchev–Trinajstić information content (AvgIpc) is 3.07. The Morgan fingerprint density at radius 1 is 0.500 bits per heavy atom. The third-order valence-electron chi connectivity index (χ3n) is 7.94. The summed E-state index contributed by atoms with van der Waals surface area (Å²) in [5.74, 6) is 1.53. The number of rotatable bonds is 4. The summed E-state index contributed by atoms with van der Waals surface area (Å²) in [5, 5.41) is 9.51. The molecule has 42 heavy (non-hydrogen) atoms. The van der Waals surface area contributed by atoms with Crippen molar-refractivity contribution >= 4 is 44.1 Å². The highest BCUT2D eigenvalue weighted by molar-refractivity contribution is 6.14. The molecule has 2 heterocycles. The summed E-state index contributed by atoms with van der Waals surface area (Å²) in [6.07, 6.45) is 1.56. The predicted molar refractivity (Wildman–Crippen MR) is 174 cm³/mol. The van der Waals surface area contributed by atoms with Crippen LogP contribution in [0.3, 0.4) is 0 Å². The van der Waals surface area contributed by atoms with E-state index < -0.39 is 0 Å². The average molecular weight is 539 g/mol. The van der Waals surface area contributed by atoms with Gasteiger partial charge in [-0.2, -0.15) is 0 Å². The molecule has 0 saturated heterocycles. The van der Waals surface area contributed by atoms with Crippen LogP contribution >= 0.6 is 0 Å². The monoisotopic (exact) mass is 538 g/mol. The highest BCUT2D eigenvalue weighted by Crippen LogP contribution is 2.30. The normalized spacial score (nSPS) is 14.9. The van der Waals surface area contributed by atoms with Crippen LogP contribution in [0.5, 0.6) is 0 Å². The van der Waals surface area contributed by atoms with Gasteiger partial charge in [0.15, 0.2) is 5.84 Å². The molecule has 1 atom stereocenters. The Bertz CT molecular complexity index is 2170. The zero-order valence-electron chi connectivity index (χ0n) is 22.8. The fraction of sp³-hybridized carbons (Fsp3) is 0.0263. The second-order valence-electron chi connectivity index (χ2n) is 10.6. The number of nitrogens with one attached hydrogen (secondary N) is 1. The molecule has 1 aliphatic rings. The summed E-state index contributed by atoms with van der Waals surface area (Å²) >= 11 is 0. The number of hydrogen-bond donors (Lipinski definition) is 1. The van der Waals surface area contributed by atoms with Crippen molar-refractivity contribution in [3.63, 3.8) is 0 Å². The van der Waals surface area contributed by atoms with Crippen molar-refractivity contribution in [1.29, 1.82) is 0 Å². The fourth-order valence-corrected chi connectivity index (χ4v) is 5.74. The lowest BCUT2D eigenvalue weighted by molar-refractivity contribution is 0.674. The Morgan fingerprint density at radius 3 is 1.88 bits per heavy atom. The molecule has 0 fully saturated rings. The number of aromatic nitrogens is 1. The molecule has 7 aromatic rings. The molecular weight excluding hydrogens is 512 g/mol. The van der Waals surface area contributed by atoms with E-state index in [9.17, 15) is 0 Å². The summed E-state index contributed by atoms with van der Waals surface area (Å²) in [6, 6.07) is 48.7. The van der Waals surface area contributed by atoms with E-state index >= 15 is 0 Å². The van der Waals surface area contributed by atoms with E-state index in [0.717, 1.165) is 50.4 Å². The van der Waals surface area contributed by atoms with Crippen LogP contribution in [0.25, 0.3) is 43.6 Å². The Labute approximate surface area is 243 Å². The van der Waals surface area contributed by atoms with E-state index in [4.69, 9.17) is 9.98 Å². The van der Waals surface area contributed by atoms with Crippen molar-refractivity contribution in [3.05, 3.63) is 162 Å². The SMILES string of the molecule is c1ccc2cc(C3=NC(c4ccc(-c5cccc6cccnc56)cc4)NC(c4ccc5ccccc5c4)=N3)ccc2c1. The quantitative estimate of drug-likeness (QED) is 0.244. The Kier molecular flexibility index (Phi) is 5.82. The van der Waals surface area contributed by atoms with Gasteiger partial charge in [0.1, 0.15) is 12.0 Å². The van der Waals surface area contributed by atoms with Crippen LogP contribution in [-0.4, -0.2) is 16.7 Å². The first-order valence-electron chi connectivity index (χ1n) is 14.1. The van der Waals surface area contributed by atoms with Gasteiger partial charge in [0, 0.05) is 28.3 Å². The van der Waals surface area contributed by atoms with Crippen LogP contribution in [0.2, 0.25) is 0 Å². The Hall–Kier alpha value is -5.61. The summed E-state index contributed by atoms with van der Waals surface area (Å²) in [5.41, 5.74) is 6.35. The zero-order valence-corrected chi connectivity index (χ0v) is 22.8. The number of pyridine rings is 1. The van der Waals surface area contributed by atoms with Gasteiger partial charge in [-0.25, -0.2) is 9.98 Å². The fourth-order valence-electron chi connectivity index (χ4n) is 5.74. The van der Waals surface area contributed by atoms with E-state index in [1.165, 1.54) is 21.5 Å². The maximum absolute atomic E-state index is 5.13. The minimum Gasteiger partial charge on any atom is -0.344 e. The number of benzene rings is 6. The van der Waals surface area contributed by atoms with Crippen LogP contribution in [0.15, 0.2) is 156 Å². The van der Waals surface area contributed by atoms with Crippen molar-refractivity contribution in [3.8, 4) is 11.1 Å². The van der Waals surface area contributed by atoms with Crippen molar-refractivity contribution < 1.29 is 0 Å². The second-order valence-corrected chi connectivity index (χ2v) is 10.6. The minimum absolute atomic E-state index is 0.287. The number of para-hydroxylation sites is 1. The molecule has 0 aliphatic carbocycles. The molecule has 198 valence electrons. The van der Waals surface area contributed by atoms with Crippen LogP contribution < -0.4 is 5.32 Å². The number of aliphatic imine (C=N–C) groups is 2. The predicted octanol–water partition coefficient (Wildman–Crippen LogP) is 8.70. The topological polar surface area (TPSA) is 49.6 Å². The molecule has 4 nitrogen and oxygen atoms in total. The van der Waals surface area contributed by atoms with Crippen molar-refractivity contribution in [2.75, 3.05) is 0 Å². The lowest BCUT2D eigenvalue weighted by Gasteiger charge is -2.24. The van der Waals surface area contributed by atoms with E-state index in [2.05, 4.69) is 144 Å². The second kappa shape index (κ2) is 10.1. The summed E-state index contributed by atoms with van der Waals surface area (Å²) < 4.78 is 0. The molecule has 0 saturated carbocycles. The number of nitrogens with zero attached hydrogens (tertiary/aromatic N) is 3. The third-order valence-corrected chi connectivity index (χ3v) is 7.94. The Morgan fingerprint density at radius 2 is 1.12 bits per heavy atom. The maximum atomic E-state index is 5.13. The number of amidine groups is 2. The van der Waals surface area contributed by atoms with Crippen molar-refractivity contribution in [2.45, 2.75) is 6.17 Å². The van der Waals surface area contributed by atoms with Crippen molar-refractivity contribution in [1.82, 2.24) is 10.3 Å². The van der Waals surface area contributed by atoms with Gasteiger partial charge in [0.05, 0.1) is 5.52 Å². The largest absolute Gasteiger partial charge is 0.344 e. The smallest absolute Gasteiger partial charge is 0.159 e. The molecule has 0 amide bonds. The van der Waals surface area contributed by atoms with Crippen LogP contribution in [0.1, 0.15) is 22.9 Å². The lowest BCUT2D eigenvalue weighted by Crippen LogP contribution is -2.33. The van der Waals surface area contributed by atoms with E-state index in [-0.39, 0.29) is 6.17 Å². The van der Waals surface area contributed by atoms with Crippen LogP contribution in [0.4, 0.5) is 0 Å². The van der Waals surface area contributed by atoms with E-state index in [1.54, 1.807) is 0 Å². The molecule has 6 aromatic carbocycles. The molecule has 0 bridgehead atoms. The number of hydrogen-bond acceptors (Lipinski definition) is 4. The van der Waals surface area contributed by atoms with Gasteiger partial charge in [-0.1, -0.05) is 121 Å². The molecule has 4 heteroatoms. The Balaban J connectivity index is 1.21. The standard InChI is InChI=1S/C38H26N4/c1-3-9-30-23-32(20-14-25(30)7-1)37-40-36(41-38(42-37)33-21-15-26-8-2-4-10-31(26)24-33)29-18-16-27(17-19-29)34-13-5-11-28-12-6-22-39-35(28)34/h1-24,36H,(H,40,41,42). The lowest BCUT2D eigenvalue weighted by atomic mass is 9.99. The van der Waals surface area contributed by atoms with Gasteiger partial charge in [-0.3, -0.25) is 4.98 Å². The first-order valence-corrected chi connectivity index (χ1v) is 14.1. The van der Waals surface area contributed by atoms with Gasteiger partial charge in [0.2, 0.25) is 0 Å². The highest BCUT2D eigenvalue weighted by atomic mass is 15.2. The zero-order chi connectivity index (χ0) is 27.9. The third kappa shape index (κ3) is 4.40. The van der Waals surface area contributed by atoms with Gasteiger partial charge in [0.25, 0.3) is 0 Å². The van der Waals surface area contributed by atoms with Gasteiger partial charge >= 0.3 is 0 Å². The molecule has 1 aromatic heterocycles. The highest BCUT2D eigenvalue weighted by Gasteiger charge is 2.21. The molecule has 8 rings (SSSR count). The van der Waals surface area contributed by atoms with Crippen LogP contribution in [-0.2, 0) is 0 Å². The molecule has 1 aliphatic heterocycles. The van der Waals surface area contributed by atoms with Gasteiger partial charge < -0.3 is 5.32 Å². The van der Waals surface area contributed by atoms with Crippen LogP contribution in [0, 0.1) is 0 Å². The van der Waals surface area contributed by atoms with E-state index in [1.807, 2.05) is 12.3 Å². The minimum atomic E-state index is -0.287. The maximum Gasteiger partial charge on any atom is 0.159 e. The molecule has 0 spiro atoms. The number of fused-ring (bicyclic) bond motifs is 3. The van der Waals surface area contributed by atoms with E-state index in [0.29, 0.717) is 0 Å². The first kappa shape index (κ1) is 24.2. The first-order chi connectivity index (χ1) is 20.8. The summed E-state index contributed by atoms with van der Waals surface area (Å²) in [4.78, 5) is 14.8. The molecule has 1 N–H and O–H groups in total. The van der Waals surface area contributed by atoms with Gasteiger partial charge in [-0.05, 0) is 50.9 Å². The van der Waals surface area contributed by atoms with Crippen molar-refractivity contribution in [2.24, 2.45) is 9.98 Å². The molecular formula is C38H26N4. The van der Waals surface area contributed by atoms with Gasteiger partial charge in [-0.15, -0.1) is 0 Å².